The summed E-state index contributed by atoms with van der Waals surface area (Å²) in [6.45, 7) is 0. The van der Waals surface area contributed by atoms with E-state index in [1.165, 1.54) is 32.3 Å². The van der Waals surface area contributed by atoms with Gasteiger partial charge >= 0.3 is 138 Å². The van der Waals surface area contributed by atoms with Gasteiger partial charge in [-0.2, -0.15) is 0 Å². The maximum absolute atomic E-state index is 6.35. The number of hydrogen-bond donors (Lipinski definition) is 0. The van der Waals surface area contributed by atoms with Gasteiger partial charge < -0.3 is 0 Å². The number of halogens is 2. The van der Waals surface area contributed by atoms with Crippen LogP contribution in [0.2, 0.25) is 0 Å². The standard InChI is InChI=1S/C18H11.2ClH.Sb/c1-2-7-15-12-18-16(11-14(15)6-1)10-9-13-5-3-4-8-17(13)18;;;/h1-8,10-12H;2*1H;/q;;;+2/p-2. The Morgan fingerprint density at radius 1 is 0.571 bits per heavy atom. The van der Waals surface area contributed by atoms with Gasteiger partial charge in [-0.05, 0) is 0 Å². The fourth-order valence-corrected chi connectivity index (χ4v) is 6.54. The van der Waals surface area contributed by atoms with Crippen molar-refractivity contribution in [2.45, 2.75) is 0 Å². The molecule has 3 heteroatoms. The molecule has 0 N–H and O–H groups in total. The van der Waals surface area contributed by atoms with E-state index in [2.05, 4.69) is 66.7 Å². The van der Waals surface area contributed by atoms with Crippen LogP contribution < -0.4 is 3.51 Å². The van der Waals surface area contributed by atoms with Crippen LogP contribution in [-0.4, -0.2) is 17.9 Å². The first-order valence-corrected chi connectivity index (χ1v) is 14.4. The maximum atomic E-state index is 6.35. The third-order valence-electron chi connectivity index (χ3n) is 3.89. The molecule has 4 rings (SSSR count). The van der Waals surface area contributed by atoms with Crippen molar-refractivity contribution in [3.8, 4) is 0 Å². The van der Waals surface area contributed by atoms with Crippen molar-refractivity contribution in [2.24, 2.45) is 0 Å². The minimum absolute atomic E-state index is 1.15. The third-order valence-corrected chi connectivity index (χ3v) is 8.42. The van der Waals surface area contributed by atoms with Crippen molar-refractivity contribution >= 4 is 71.4 Å². The molecule has 0 aliphatic heterocycles. The molecule has 4 aromatic rings. The van der Waals surface area contributed by atoms with Crippen LogP contribution in [-0.2, 0) is 0 Å². The molecule has 0 aliphatic carbocycles. The second-order valence-corrected chi connectivity index (χ2v) is 13.5. The second kappa shape index (κ2) is 5.36. The SMILES string of the molecule is [Cl][Sb]([Cl])[c]1cc2cc3ccccc3cc2c2ccccc12. The Hall–Kier alpha value is -0.942. The van der Waals surface area contributed by atoms with E-state index in [0.717, 1.165) is 3.51 Å². The summed E-state index contributed by atoms with van der Waals surface area (Å²) >= 11 is -2.35. The Balaban J connectivity index is 2.24. The topological polar surface area (TPSA) is 0 Å². The molecule has 0 aromatic heterocycles. The van der Waals surface area contributed by atoms with E-state index in [0.29, 0.717) is 0 Å². The van der Waals surface area contributed by atoms with Crippen LogP contribution in [0.3, 0.4) is 0 Å². The number of rotatable bonds is 1. The third kappa shape index (κ3) is 2.30. The fourth-order valence-electron chi connectivity index (χ4n) is 2.92. The van der Waals surface area contributed by atoms with E-state index in [-0.39, 0.29) is 0 Å². The Bertz CT molecular complexity index is 976. The monoisotopic (exact) mass is 418 g/mol. The first kappa shape index (κ1) is 13.7. The van der Waals surface area contributed by atoms with Crippen LogP contribution in [0.4, 0.5) is 0 Å². The average Bonchev–Trinajstić information content (AvgIpc) is 2.52. The van der Waals surface area contributed by atoms with E-state index in [1.54, 1.807) is 0 Å². The Kier molecular flexibility index (Phi) is 3.50. The zero-order valence-corrected chi connectivity index (χ0v) is 15.1. The zero-order chi connectivity index (χ0) is 14.4. The molecule has 0 fully saturated rings. The van der Waals surface area contributed by atoms with Crippen LogP contribution in [0.5, 0.6) is 0 Å². The Morgan fingerprint density at radius 2 is 1.19 bits per heavy atom. The predicted molar refractivity (Wildman–Crippen MR) is 96.1 cm³/mol. The Morgan fingerprint density at radius 3 is 1.90 bits per heavy atom. The van der Waals surface area contributed by atoms with Gasteiger partial charge in [-0.1, -0.05) is 0 Å². The Labute approximate surface area is 137 Å². The summed E-state index contributed by atoms with van der Waals surface area (Å²) in [5, 5.41) is 7.44. The molecular formula is C18H11Cl2Sb. The molecule has 0 atom stereocenters. The molecular weight excluding hydrogens is 409 g/mol. The van der Waals surface area contributed by atoms with Gasteiger partial charge in [0.05, 0.1) is 0 Å². The fraction of sp³-hybridized carbons (Fsp3) is 0. The minimum atomic E-state index is -2.35. The van der Waals surface area contributed by atoms with Crippen LogP contribution in [0, 0.1) is 0 Å². The van der Waals surface area contributed by atoms with Gasteiger partial charge in [-0.25, -0.2) is 0 Å². The van der Waals surface area contributed by atoms with Crippen LogP contribution in [0.15, 0.2) is 66.7 Å². The summed E-state index contributed by atoms with van der Waals surface area (Å²) in [7, 11) is 12.7. The molecule has 0 bridgehead atoms. The summed E-state index contributed by atoms with van der Waals surface area (Å²) in [4.78, 5) is 0. The van der Waals surface area contributed by atoms with Gasteiger partial charge in [0.15, 0.2) is 0 Å². The van der Waals surface area contributed by atoms with Crippen molar-refractivity contribution in [2.75, 3.05) is 0 Å². The molecule has 4 aromatic carbocycles. The summed E-state index contributed by atoms with van der Waals surface area (Å²) in [5.41, 5.74) is 0. The molecule has 0 spiro atoms. The van der Waals surface area contributed by atoms with E-state index in [1.807, 2.05) is 0 Å². The van der Waals surface area contributed by atoms with Gasteiger partial charge in [-0.3, -0.25) is 0 Å². The summed E-state index contributed by atoms with van der Waals surface area (Å²) in [6.07, 6.45) is 0. The molecule has 0 nitrogen and oxygen atoms in total. The first-order valence-electron chi connectivity index (χ1n) is 6.70. The summed E-state index contributed by atoms with van der Waals surface area (Å²) < 4.78 is 1.15. The van der Waals surface area contributed by atoms with Crippen LogP contribution >= 0.6 is 17.7 Å². The van der Waals surface area contributed by atoms with Crippen LogP contribution in [0.25, 0.3) is 32.3 Å². The second-order valence-electron chi connectivity index (χ2n) is 5.09. The van der Waals surface area contributed by atoms with Gasteiger partial charge in [0.1, 0.15) is 0 Å². The first-order chi connectivity index (χ1) is 10.2. The van der Waals surface area contributed by atoms with Crippen molar-refractivity contribution in [1.82, 2.24) is 0 Å². The normalized spacial score (nSPS) is 11.8. The number of hydrogen-bond acceptors (Lipinski definition) is 0. The predicted octanol–water partition coefficient (Wildman–Crippen LogP) is 5.32. The molecule has 0 saturated carbocycles. The molecule has 102 valence electrons. The van der Waals surface area contributed by atoms with E-state index < -0.39 is 17.9 Å². The van der Waals surface area contributed by atoms with Crippen molar-refractivity contribution < 1.29 is 0 Å². The van der Waals surface area contributed by atoms with Gasteiger partial charge in [0.25, 0.3) is 0 Å². The molecule has 0 heterocycles. The van der Waals surface area contributed by atoms with Crippen LogP contribution in [0.1, 0.15) is 0 Å². The average molecular weight is 420 g/mol. The van der Waals surface area contributed by atoms with Gasteiger partial charge in [0.2, 0.25) is 0 Å². The molecule has 21 heavy (non-hydrogen) atoms. The summed E-state index contributed by atoms with van der Waals surface area (Å²) in [5.74, 6) is 0. The van der Waals surface area contributed by atoms with Crippen molar-refractivity contribution in [1.29, 1.82) is 0 Å². The molecule has 0 saturated heterocycles. The van der Waals surface area contributed by atoms with E-state index in [9.17, 15) is 0 Å². The van der Waals surface area contributed by atoms with Crippen molar-refractivity contribution in [3.63, 3.8) is 0 Å². The van der Waals surface area contributed by atoms with Gasteiger partial charge in [0, 0.05) is 0 Å². The molecule has 0 amide bonds. The number of benzene rings is 4. The molecule has 0 unspecified atom stereocenters. The quantitative estimate of drug-likeness (QED) is 0.222. The van der Waals surface area contributed by atoms with Gasteiger partial charge in [-0.15, -0.1) is 0 Å². The van der Waals surface area contributed by atoms with E-state index >= 15 is 0 Å². The molecule has 0 radical (unpaired) electrons. The summed E-state index contributed by atoms with van der Waals surface area (Å²) in [6, 6.07) is 23.5. The zero-order valence-electron chi connectivity index (χ0n) is 11.1. The molecule has 0 aliphatic rings. The number of fused-ring (bicyclic) bond motifs is 4. The van der Waals surface area contributed by atoms with E-state index in [4.69, 9.17) is 17.7 Å². The van der Waals surface area contributed by atoms with Crippen molar-refractivity contribution in [3.05, 3.63) is 66.7 Å².